The number of nitrogen functional groups attached to an aromatic ring is 1. The standard InChI is InChI=1S/C15H14ClNO3/c1-19-9-6-7-13(20-2)10(8-9)15(18)14-11(16)4-3-5-12(14)17/h3-8H,17H2,1-2H3. The maximum absolute atomic E-state index is 12.6. The van der Waals surface area contributed by atoms with Gasteiger partial charge in [0, 0.05) is 5.69 Å². The molecule has 2 aromatic rings. The van der Waals surface area contributed by atoms with Gasteiger partial charge in [-0.1, -0.05) is 17.7 Å². The number of carbonyl (C=O) groups excluding carboxylic acids is 1. The molecule has 0 bridgehead atoms. The van der Waals surface area contributed by atoms with Gasteiger partial charge >= 0.3 is 0 Å². The van der Waals surface area contributed by atoms with Crippen LogP contribution in [-0.4, -0.2) is 20.0 Å². The quantitative estimate of drug-likeness (QED) is 0.694. The first-order chi connectivity index (χ1) is 9.58. The number of benzene rings is 2. The molecular weight excluding hydrogens is 278 g/mol. The number of carbonyl (C=O) groups is 1. The number of anilines is 1. The molecule has 2 N–H and O–H groups in total. The van der Waals surface area contributed by atoms with Crippen LogP contribution in [0.3, 0.4) is 0 Å². The van der Waals surface area contributed by atoms with Crippen molar-refractivity contribution in [2.24, 2.45) is 0 Å². The van der Waals surface area contributed by atoms with Gasteiger partial charge in [-0.15, -0.1) is 0 Å². The van der Waals surface area contributed by atoms with Gasteiger partial charge in [0.15, 0.2) is 5.78 Å². The first-order valence-corrected chi connectivity index (χ1v) is 6.27. The van der Waals surface area contributed by atoms with Gasteiger partial charge in [0.2, 0.25) is 0 Å². The summed E-state index contributed by atoms with van der Waals surface area (Å²) in [5, 5.41) is 0.305. The van der Waals surface area contributed by atoms with E-state index in [4.69, 9.17) is 26.8 Å². The van der Waals surface area contributed by atoms with E-state index >= 15 is 0 Å². The zero-order chi connectivity index (χ0) is 14.7. The van der Waals surface area contributed by atoms with Crippen molar-refractivity contribution in [1.82, 2.24) is 0 Å². The Bertz CT molecular complexity index is 635. The molecule has 0 aliphatic carbocycles. The van der Waals surface area contributed by atoms with Crippen LogP contribution in [0, 0.1) is 0 Å². The molecule has 0 atom stereocenters. The second-order valence-electron chi connectivity index (χ2n) is 4.10. The molecular formula is C15H14ClNO3. The van der Waals surface area contributed by atoms with Crippen LogP contribution in [0.4, 0.5) is 5.69 Å². The normalized spacial score (nSPS) is 10.2. The summed E-state index contributed by atoms with van der Waals surface area (Å²) >= 11 is 6.07. The van der Waals surface area contributed by atoms with Crippen molar-refractivity contribution in [3.8, 4) is 11.5 Å². The van der Waals surface area contributed by atoms with Gasteiger partial charge in [-0.2, -0.15) is 0 Å². The van der Waals surface area contributed by atoms with Crippen molar-refractivity contribution in [3.63, 3.8) is 0 Å². The van der Waals surface area contributed by atoms with Crippen molar-refractivity contribution in [2.45, 2.75) is 0 Å². The monoisotopic (exact) mass is 291 g/mol. The number of hydrogen-bond acceptors (Lipinski definition) is 4. The molecule has 0 fully saturated rings. The highest BCUT2D eigenvalue weighted by Gasteiger charge is 2.20. The number of ketones is 1. The number of ether oxygens (including phenoxy) is 2. The molecule has 2 rings (SSSR count). The van der Waals surface area contributed by atoms with Crippen molar-refractivity contribution in [2.75, 3.05) is 20.0 Å². The molecule has 2 aromatic carbocycles. The van der Waals surface area contributed by atoms with E-state index in [1.807, 2.05) is 0 Å². The molecule has 4 nitrogen and oxygen atoms in total. The predicted molar refractivity (Wildman–Crippen MR) is 78.8 cm³/mol. The van der Waals surface area contributed by atoms with Crippen LogP contribution in [0.1, 0.15) is 15.9 Å². The molecule has 5 heteroatoms. The third kappa shape index (κ3) is 2.56. The largest absolute Gasteiger partial charge is 0.497 e. The van der Waals surface area contributed by atoms with Crippen LogP contribution < -0.4 is 15.2 Å². The first kappa shape index (κ1) is 14.2. The Morgan fingerprint density at radius 1 is 1.15 bits per heavy atom. The molecule has 0 aromatic heterocycles. The minimum absolute atomic E-state index is 0.265. The molecule has 0 unspecified atom stereocenters. The van der Waals surface area contributed by atoms with Gasteiger partial charge in [0.1, 0.15) is 11.5 Å². The second-order valence-corrected chi connectivity index (χ2v) is 4.51. The summed E-state index contributed by atoms with van der Waals surface area (Å²) in [5.41, 5.74) is 6.79. The van der Waals surface area contributed by atoms with E-state index in [1.54, 1.807) is 36.4 Å². The summed E-state index contributed by atoms with van der Waals surface area (Å²) in [7, 11) is 3.02. The van der Waals surface area contributed by atoms with Gasteiger partial charge < -0.3 is 15.2 Å². The van der Waals surface area contributed by atoms with E-state index in [-0.39, 0.29) is 11.3 Å². The van der Waals surface area contributed by atoms with Crippen molar-refractivity contribution in [1.29, 1.82) is 0 Å². The van der Waals surface area contributed by atoms with E-state index in [1.165, 1.54) is 14.2 Å². The summed E-state index contributed by atoms with van der Waals surface area (Å²) < 4.78 is 10.3. The lowest BCUT2D eigenvalue weighted by molar-refractivity contribution is 0.103. The molecule has 0 aliphatic heterocycles. The molecule has 0 amide bonds. The lowest BCUT2D eigenvalue weighted by atomic mass is 10.0. The Morgan fingerprint density at radius 2 is 1.90 bits per heavy atom. The molecule has 104 valence electrons. The summed E-state index contributed by atoms with van der Waals surface area (Å²) in [6, 6.07) is 9.93. The van der Waals surface area contributed by atoms with Crippen LogP contribution >= 0.6 is 11.6 Å². The van der Waals surface area contributed by atoms with E-state index in [0.717, 1.165) is 0 Å². The number of rotatable bonds is 4. The Balaban J connectivity index is 2.58. The Morgan fingerprint density at radius 3 is 2.50 bits per heavy atom. The minimum Gasteiger partial charge on any atom is -0.497 e. The van der Waals surface area contributed by atoms with Crippen LogP contribution in [0.5, 0.6) is 11.5 Å². The van der Waals surface area contributed by atoms with Gasteiger partial charge in [-0.3, -0.25) is 4.79 Å². The fraction of sp³-hybridized carbons (Fsp3) is 0.133. The Kier molecular flexibility index (Phi) is 4.15. The number of halogens is 1. The average molecular weight is 292 g/mol. The maximum atomic E-state index is 12.6. The fourth-order valence-electron chi connectivity index (χ4n) is 1.91. The predicted octanol–water partition coefficient (Wildman–Crippen LogP) is 3.17. The zero-order valence-electron chi connectivity index (χ0n) is 11.1. The molecule has 0 aliphatic rings. The van der Waals surface area contributed by atoms with Crippen LogP contribution in [0.2, 0.25) is 5.02 Å². The van der Waals surface area contributed by atoms with E-state index in [9.17, 15) is 4.79 Å². The first-order valence-electron chi connectivity index (χ1n) is 5.89. The van der Waals surface area contributed by atoms with Crippen molar-refractivity contribution >= 4 is 23.1 Å². The topological polar surface area (TPSA) is 61.5 Å². The van der Waals surface area contributed by atoms with Crippen molar-refractivity contribution in [3.05, 3.63) is 52.5 Å². The average Bonchev–Trinajstić information content (AvgIpc) is 2.46. The number of methoxy groups -OCH3 is 2. The maximum Gasteiger partial charge on any atom is 0.200 e. The summed E-state index contributed by atoms with van der Waals surface area (Å²) in [4.78, 5) is 12.6. The van der Waals surface area contributed by atoms with Crippen LogP contribution in [0.15, 0.2) is 36.4 Å². The zero-order valence-corrected chi connectivity index (χ0v) is 11.9. The molecule has 0 spiro atoms. The fourth-order valence-corrected chi connectivity index (χ4v) is 2.17. The third-order valence-electron chi connectivity index (χ3n) is 2.92. The van der Waals surface area contributed by atoms with E-state index in [2.05, 4.69) is 0 Å². The summed E-state index contributed by atoms with van der Waals surface area (Å²) in [6.07, 6.45) is 0. The molecule has 0 saturated heterocycles. The van der Waals surface area contributed by atoms with Crippen LogP contribution in [-0.2, 0) is 0 Å². The highest BCUT2D eigenvalue weighted by Crippen LogP contribution is 2.31. The van der Waals surface area contributed by atoms with Gasteiger partial charge in [0.25, 0.3) is 0 Å². The second kappa shape index (κ2) is 5.84. The van der Waals surface area contributed by atoms with Gasteiger partial charge in [-0.05, 0) is 30.3 Å². The Hall–Kier alpha value is -2.20. The summed E-state index contributed by atoms with van der Waals surface area (Å²) in [5.74, 6) is 0.693. The molecule has 0 saturated carbocycles. The van der Waals surface area contributed by atoms with Gasteiger partial charge in [0.05, 0.1) is 30.4 Å². The van der Waals surface area contributed by atoms with Crippen LogP contribution in [0.25, 0.3) is 0 Å². The molecule has 0 heterocycles. The minimum atomic E-state index is -0.302. The Labute approximate surface area is 122 Å². The molecule has 20 heavy (non-hydrogen) atoms. The number of hydrogen-bond donors (Lipinski definition) is 1. The van der Waals surface area contributed by atoms with Crippen molar-refractivity contribution < 1.29 is 14.3 Å². The highest BCUT2D eigenvalue weighted by atomic mass is 35.5. The van der Waals surface area contributed by atoms with E-state index in [0.29, 0.717) is 27.8 Å². The van der Waals surface area contributed by atoms with Gasteiger partial charge in [-0.25, -0.2) is 0 Å². The smallest absolute Gasteiger partial charge is 0.200 e. The number of nitrogens with two attached hydrogens (primary N) is 1. The third-order valence-corrected chi connectivity index (χ3v) is 3.24. The lowest BCUT2D eigenvalue weighted by Gasteiger charge is -2.12. The lowest BCUT2D eigenvalue weighted by Crippen LogP contribution is -2.08. The molecule has 0 radical (unpaired) electrons. The van der Waals surface area contributed by atoms with E-state index < -0.39 is 0 Å². The SMILES string of the molecule is COc1ccc(OC)c(C(=O)c2c(N)cccc2Cl)c1. The summed E-state index contributed by atoms with van der Waals surface area (Å²) in [6.45, 7) is 0. The highest BCUT2D eigenvalue weighted by molar-refractivity contribution is 6.36.